The average Bonchev–Trinajstić information content (AvgIpc) is 3.53. The van der Waals surface area contributed by atoms with Crippen molar-refractivity contribution >= 4 is 49.7 Å². The molecule has 1 atom stereocenters. The van der Waals surface area contributed by atoms with E-state index in [-0.39, 0.29) is 11.9 Å². The number of aryl methyl sites for hydroxylation is 1. The lowest BCUT2D eigenvalue weighted by molar-refractivity contribution is 0.0360. The molecule has 1 fully saturated rings. The molecule has 172 valence electrons. The molecule has 0 aliphatic carbocycles. The number of aromatic nitrogens is 2. The van der Waals surface area contributed by atoms with E-state index in [1.54, 1.807) is 13.3 Å². The van der Waals surface area contributed by atoms with Gasteiger partial charge >= 0.3 is 0 Å². The number of hydrogen-bond acceptors (Lipinski definition) is 6. The Balaban J connectivity index is 1.36. The van der Waals surface area contributed by atoms with Crippen LogP contribution in [0.15, 0.2) is 42.6 Å². The number of carbonyl (C=O) groups excluding carboxylic acids is 1. The van der Waals surface area contributed by atoms with E-state index in [2.05, 4.69) is 46.5 Å². The number of H-pyrrole nitrogens is 1. The number of aromatic amines is 1. The summed E-state index contributed by atoms with van der Waals surface area (Å²) < 4.78 is 11.7. The van der Waals surface area contributed by atoms with Gasteiger partial charge in [-0.2, -0.15) is 0 Å². The van der Waals surface area contributed by atoms with E-state index >= 15 is 0 Å². The van der Waals surface area contributed by atoms with Crippen LogP contribution < -0.4 is 5.32 Å². The van der Waals surface area contributed by atoms with Gasteiger partial charge in [0.05, 0.1) is 46.6 Å². The first kappa shape index (κ1) is 21.9. The second kappa shape index (κ2) is 9.51. The molecule has 4 aromatic rings. The lowest BCUT2D eigenvalue weighted by atomic mass is 10.2. The molecule has 1 amide bonds. The zero-order valence-corrected chi connectivity index (χ0v) is 19.7. The Labute approximate surface area is 196 Å². The van der Waals surface area contributed by atoms with Gasteiger partial charge in [-0.15, -0.1) is 11.3 Å². The zero-order chi connectivity index (χ0) is 22.8. The van der Waals surface area contributed by atoms with E-state index in [0.29, 0.717) is 24.7 Å². The number of fused-ring (bicyclic) bond motifs is 2. The molecule has 33 heavy (non-hydrogen) atoms. The largest absolute Gasteiger partial charge is 0.382 e. The molecule has 1 saturated heterocycles. The van der Waals surface area contributed by atoms with Crippen molar-refractivity contribution in [3.8, 4) is 0 Å². The first-order valence-corrected chi connectivity index (χ1v) is 12.1. The van der Waals surface area contributed by atoms with Gasteiger partial charge in [0.2, 0.25) is 0 Å². The summed E-state index contributed by atoms with van der Waals surface area (Å²) in [6.07, 6.45) is 3.75. The van der Waals surface area contributed by atoms with Gasteiger partial charge in [0, 0.05) is 42.1 Å². The Morgan fingerprint density at radius 2 is 2.18 bits per heavy atom. The SMILES string of the molecule is COCCOCC1CCCN1C(=O)c1cc2nccc(Nc3ccc4[nH]c(C)cc4c3)c2s1. The van der Waals surface area contributed by atoms with E-state index in [1.807, 2.05) is 17.0 Å². The first-order valence-electron chi connectivity index (χ1n) is 11.2. The van der Waals surface area contributed by atoms with Gasteiger partial charge in [-0.05, 0) is 56.2 Å². The van der Waals surface area contributed by atoms with Crippen molar-refractivity contribution in [3.05, 3.63) is 53.2 Å². The van der Waals surface area contributed by atoms with Crippen LogP contribution in [0.2, 0.25) is 0 Å². The number of likely N-dealkylation sites (tertiary alicyclic amines) is 1. The zero-order valence-electron chi connectivity index (χ0n) is 18.9. The van der Waals surface area contributed by atoms with Gasteiger partial charge in [0.1, 0.15) is 0 Å². The highest BCUT2D eigenvalue weighted by atomic mass is 32.1. The average molecular weight is 465 g/mol. The predicted molar refractivity (Wildman–Crippen MR) is 133 cm³/mol. The van der Waals surface area contributed by atoms with E-state index in [0.717, 1.165) is 57.6 Å². The molecule has 1 aliphatic heterocycles. The van der Waals surface area contributed by atoms with Gasteiger partial charge < -0.3 is 24.7 Å². The molecule has 0 bridgehead atoms. The van der Waals surface area contributed by atoms with Crippen LogP contribution in [0.5, 0.6) is 0 Å². The van der Waals surface area contributed by atoms with E-state index in [1.165, 1.54) is 11.3 Å². The fourth-order valence-electron chi connectivity index (χ4n) is 4.43. The number of anilines is 2. The van der Waals surface area contributed by atoms with Crippen LogP contribution >= 0.6 is 11.3 Å². The number of pyridine rings is 1. The number of benzene rings is 1. The van der Waals surface area contributed by atoms with Crippen molar-refractivity contribution in [3.63, 3.8) is 0 Å². The van der Waals surface area contributed by atoms with E-state index < -0.39 is 0 Å². The van der Waals surface area contributed by atoms with Crippen molar-refractivity contribution in [2.75, 3.05) is 38.8 Å². The molecule has 4 heterocycles. The predicted octanol–water partition coefficient (Wildman–Crippen LogP) is 5.10. The summed E-state index contributed by atoms with van der Waals surface area (Å²) in [5.74, 6) is 0.0611. The summed E-state index contributed by atoms with van der Waals surface area (Å²) in [6, 6.07) is 12.4. The maximum atomic E-state index is 13.3. The number of ether oxygens (including phenoxy) is 2. The van der Waals surface area contributed by atoms with Gasteiger partial charge in [0.15, 0.2) is 0 Å². The number of nitrogens with one attached hydrogen (secondary N) is 2. The quantitative estimate of drug-likeness (QED) is 0.355. The molecule has 0 saturated carbocycles. The normalized spacial score (nSPS) is 16.2. The van der Waals surface area contributed by atoms with Gasteiger partial charge in [-0.1, -0.05) is 0 Å². The van der Waals surface area contributed by atoms with E-state index in [4.69, 9.17) is 9.47 Å². The van der Waals surface area contributed by atoms with Crippen LogP contribution in [0.25, 0.3) is 21.1 Å². The van der Waals surface area contributed by atoms with Crippen LogP contribution in [0.3, 0.4) is 0 Å². The molecular weight excluding hydrogens is 436 g/mol. The lowest BCUT2D eigenvalue weighted by Gasteiger charge is -2.24. The third-order valence-electron chi connectivity index (χ3n) is 6.04. The summed E-state index contributed by atoms with van der Waals surface area (Å²) in [7, 11) is 1.66. The minimum absolute atomic E-state index is 0.0611. The van der Waals surface area contributed by atoms with Gasteiger partial charge in [0.25, 0.3) is 5.91 Å². The van der Waals surface area contributed by atoms with Crippen molar-refractivity contribution in [2.24, 2.45) is 0 Å². The fraction of sp³-hybridized carbons (Fsp3) is 0.360. The van der Waals surface area contributed by atoms with Crippen molar-refractivity contribution < 1.29 is 14.3 Å². The summed E-state index contributed by atoms with van der Waals surface area (Å²) in [5, 5.41) is 4.68. The molecule has 8 heteroatoms. The molecule has 7 nitrogen and oxygen atoms in total. The maximum Gasteiger partial charge on any atom is 0.264 e. The first-order chi connectivity index (χ1) is 16.1. The van der Waals surface area contributed by atoms with Crippen molar-refractivity contribution in [1.82, 2.24) is 14.9 Å². The summed E-state index contributed by atoms with van der Waals surface area (Å²) in [5.41, 5.74) is 5.05. The van der Waals surface area contributed by atoms with Gasteiger partial charge in [-0.25, -0.2) is 0 Å². The van der Waals surface area contributed by atoms with Crippen molar-refractivity contribution in [1.29, 1.82) is 0 Å². The second-order valence-electron chi connectivity index (χ2n) is 8.43. The second-order valence-corrected chi connectivity index (χ2v) is 9.48. The number of carbonyl (C=O) groups is 1. The monoisotopic (exact) mass is 464 g/mol. The number of hydrogen-bond donors (Lipinski definition) is 2. The third-order valence-corrected chi connectivity index (χ3v) is 7.18. The smallest absolute Gasteiger partial charge is 0.264 e. The third kappa shape index (κ3) is 4.59. The molecule has 0 spiro atoms. The summed E-state index contributed by atoms with van der Waals surface area (Å²) >= 11 is 1.50. The Morgan fingerprint density at radius 1 is 1.27 bits per heavy atom. The van der Waals surface area contributed by atoms with Crippen LogP contribution in [0.4, 0.5) is 11.4 Å². The maximum absolute atomic E-state index is 13.3. The molecule has 3 aromatic heterocycles. The molecule has 1 unspecified atom stereocenters. The molecule has 2 N–H and O–H groups in total. The topological polar surface area (TPSA) is 79.5 Å². The minimum Gasteiger partial charge on any atom is -0.382 e. The number of rotatable bonds is 8. The lowest BCUT2D eigenvalue weighted by Crippen LogP contribution is -2.38. The number of thiophene rings is 1. The molecule has 1 aliphatic rings. The Morgan fingerprint density at radius 3 is 3.06 bits per heavy atom. The fourth-order valence-corrected chi connectivity index (χ4v) is 5.47. The van der Waals surface area contributed by atoms with Crippen molar-refractivity contribution in [2.45, 2.75) is 25.8 Å². The summed E-state index contributed by atoms with van der Waals surface area (Å²) in [6.45, 7) is 4.48. The van der Waals surface area contributed by atoms with Crippen LogP contribution in [0, 0.1) is 6.92 Å². The number of nitrogens with zero attached hydrogens (tertiary/aromatic N) is 2. The molecule has 1 aromatic carbocycles. The highest BCUT2D eigenvalue weighted by Gasteiger charge is 2.30. The molecular formula is C25H28N4O3S. The molecule has 5 rings (SSSR count). The minimum atomic E-state index is 0.0611. The standard InChI is InChI=1S/C25H28N4O3S/c1-16-12-17-13-18(5-6-20(17)27-16)28-21-7-8-26-22-14-23(33-24(21)22)25(30)29-9-3-4-19(29)15-32-11-10-31-2/h5-8,12-14,19,27H,3-4,9-11,15H2,1-2H3,(H,26,28). The highest BCUT2D eigenvalue weighted by Crippen LogP contribution is 2.34. The summed E-state index contributed by atoms with van der Waals surface area (Å²) in [4.78, 5) is 23.9. The van der Waals surface area contributed by atoms with Crippen LogP contribution in [-0.2, 0) is 9.47 Å². The number of amides is 1. The highest BCUT2D eigenvalue weighted by molar-refractivity contribution is 7.21. The van der Waals surface area contributed by atoms with E-state index in [9.17, 15) is 4.79 Å². The Kier molecular flexibility index (Phi) is 6.30. The number of methoxy groups -OCH3 is 1. The Hall–Kier alpha value is -2.94. The van der Waals surface area contributed by atoms with Crippen LogP contribution in [-0.4, -0.2) is 60.3 Å². The molecule has 0 radical (unpaired) electrons. The van der Waals surface area contributed by atoms with Crippen LogP contribution in [0.1, 0.15) is 28.2 Å². The Bertz CT molecular complexity index is 1280. The van der Waals surface area contributed by atoms with Gasteiger partial charge in [-0.3, -0.25) is 9.78 Å².